The Morgan fingerprint density at radius 2 is 1.88 bits per heavy atom. The minimum Gasteiger partial charge on any atom is -0.384 e. The molecule has 2 nitrogen and oxygen atoms in total. The second-order valence-electron chi connectivity index (χ2n) is 3.33. The highest BCUT2D eigenvalue weighted by molar-refractivity contribution is 14.1. The summed E-state index contributed by atoms with van der Waals surface area (Å²) in [6.45, 7) is 0. The van der Waals surface area contributed by atoms with Crippen LogP contribution in [0.5, 0.6) is 0 Å². The Bertz CT molecular complexity index is 408. The molecule has 1 aromatic heterocycles. The smallest absolute Gasteiger partial charge is 0.123 e. The molecule has 0 radical (unpaired) electrons. The maximum absolute atomic E-state index is 5.53. The van der Waals surface area contributed by atoms with Crippen molar-refractivity contribution >= 4 is 40.2 Å². The Morgan fingerprint density at radius 3 is 2.50 bits per heavy atom. The minimum atomic E-state index is 0.568. The molecule has 2 aromatic rings. The van der Waals surface area contributed by atoms with Crippen LogP contribution in [0.1, 0.15) is 5.56 Å². The fourth-order valence-electron chi connectivity index (χ4n) is 1.22. The molecule has 0 saturated heterocycles. The molecule has 0 unspecified atom stereocenters. The zero-order chi connectivity index (χ0) is 11.4. The first-order valence-corrected chi connectivity index (χ1v) is 6.89. The van der Waals surface area contributed by atoms with Gasteiger partial charge in [-0.25, -0.2) is 4.98 Å². The first kappa shape index (κ1) is 11.7. The van der Waals surface area contributed by atoms with Gasteiger partial charge < -0.3 is 5.73 Å². The van der Waals surface area contributed by atoms with E-state index in [-0.39, 0.29) is 0 Å². The fourth-order valence-corrected chi connectivity index (χ4v) is 2.40. The number of benzene rings is 1. The maximum atomic E-state index is 5.53. The molecule has 0 aliphatic rings. The maximum Gasteiger partial charge on any atom is 0.123 e. The molecule has 1 aromatic carbocycles. The topological polar surface area (TPSA) is 38.9 Å². The molecule has 4 heteroatoms. The number of pyridine rings is 1. The van der Waals surface area contributed by atoms with Gasteiger partial charge in [0, 0.05) is 20.4 Å². The Balaban J connectivity index is 1.97. The van der Waals surface area contributed by atoms with E-state index in [9.17, 15) is 0 Å². The van der Waals surface area contributed by atoms with Crippen LogP contribution in [0.25, 0.3) is 0 Å². The normalized spacial score (nSPS) is 10.3. The van der Waals surface area contributed by atoms with Crippen LogP contribution in [0.4, 0.5) is 5.82 Å². The van der Waals surface area contributed by atoms with Crippen molar-refractivity contribution in [3.63, 3.8) is 0 Å². The number of hydrogen-bond donors (Lipinski definition) is 1. The average Bonchev–Trinajstić information content (AvgIpc) is 2.30. The van der Waals surface area contributed by atoms with Gasteiger partial charge >= 0.3 is 0 Å². The van der Waals surface area contributed by atoms with Crippen molar-refractivity contribution in [3.8, 4) is 0 Å². The van der Waals surface area contributed by atoms with E-state index in [0.29, 0.717) is 5.82 Å². The van der Waals surface area contributed by atoms with Crippen LogP contribution in [0, 0.1) is 3.57 Å². The summed E-state index contributed by atoms with van der Waals surface area (Å²) in [7, 11) is 0. The van der Waals surface area contributed by atoms with Crippen LogP contribution in [-0.2, 0) is 5.75 Å². The number of thioether (sulfide) groups is 1. The van der Waals surface area contributed by atoms with Gasteiger partial charge in [-0.05, 0) is 52.4 Å². The first-order chi connectivity index (χ1) is 7.74. The summed E-state index contributed by atoms with van der Waals surface area (Å²) in [5.41, 5.74) is 6.85. The molecule has 0 fully saturated rings. The monoisotopic (exact) mass is 342 g/mol. The Labute approximate surface area is 113 Å². The third-order valence-electron chi connectivity index (χ3n) is 2.08. The number of hydrogen-bond acceptors (Lipinski definition) is 3. The minimum absolute atomic E-state index is 0.568. The molecular weight excluding hydrogens is 331 g/mol. The highest BCUT2D eigenvalue weighted by Gasteiger charge is 1.97. The van der Waals surface area contributed by atoms with E-state index in [0.717, 1.165) is 10.6 Å². The summed E-state index contributed by atoms with van der Waals surface area (Å²) in [4.78, 5) is 5.21. The molecule has 2 rings (SSSR count). The van der Waals surface area contributed by atoms with E-state index in [1.165, 1.54) is 9.13 Å². The fraction of sp³-hybridized carbons (Fsp3) is 0.0833. The number of nitrogens with zero attached hydrogens (tertiary/aromatic N) is 1. The quantitative estimate of drug-likeness (QED) is 0.685. The third kappa shape index (κ3) is 3.38. The van der Waals surface area contributed by atoms with Gasteiger partial charge in [-0.15, -0.1) is 11.8 Å². The van der Waals surface area contributed by atoms with Gasteiger partial charge in [0.05, 0.1) is 0 Å². The van der Waals surface area contributed by atoms with Gasteiger partial charge in [0.2, 0.25) is 0 Å². The molecule has 0 atom stereocenters. The molecule has 0 aliphatic heterocycles. The van der Waals surface area contributed by atoms with Crippen LogP contribution < -0.4 is 5.73 Å². The average molecular weight is 342 g/mol. The summed E-state index contributed by atoms with van der Waals surface area (Å²) >= 11 is 4.08. The predicted molar refractivity (Wildman–Crippen MR) is 77.4 cm³/mol. The highest BCUT2D eigenvalue weighted by atomic mass is 127. The van der Waals surface area contributed by atoms with Gasteiger partial charge in [-0.3, -0.25) is 0 Å². The van der Waals surface area contributed by atoms with Gasteiger partial charge in [-0.1, -0.05) is 12.1 Å². The number of nitrogens with two attached hydrogens (primary N) is 1. The molecule has 0 spiro atoms. The van der Waals surface area contributed by atoms with Crippen LogP contribution >= 0.6 is 34.4 Å². The molecule has 0 saturated carbocycles. The Morgan fingerprint density at radius 1 is 1.12 bits per heavy atom. The summed E-state index contributed by atoms with van der Waals surface area (Å²) in [6, 6.07) is 12.4. The molecule has 0 amide bonds. The zero-order valence-electron chi connectivity index (χ0n) is 8.56. The lowest BCUT2D eigenvalue weighted by Gasteiger charge is -2.02. The van der Waals surface area contributed by atoms with Gasteiger partial charge in [0.15, 0.2) is 0 Å². The van der Waals surface area contributed by atoms with Crippen LogP contribution in [0.2, 0.25) is 0 Å². The molecule has 0 bridgehead atoms. The second kappa shape index (κ2) is 5.54. The van der Waals surface area contributed by atoms with E-state index in [2.05, 4.69) is 51.8 Å². The van der Waals surface area contributed by atoms with Crippen molar-refractivity contribution in [2.24, 2.45) is 0 Å². The van der Waals surface area contributed by atoms with Gasteiger partial charge in [0.1, 0.15) is 5.82 Å². The number of aromatic nitrogens is 1. The summed E-state index contributed by atoms with van der Waals surface area (Å²) < 4.78 is 1.26. The second-order valence-corrected chi connectivity index (χ2v) is 5.63. The van der Waals surface area contributed by atoms with Crippen molar-refractivity contribution < 1.29 is 0 Å². The van der Waals surface area contributed by atoms with Crippen molar-refractivity contribution in [3.05, 3.63) is 51.7 Å². The highest BCUT2D eigenvalue weighted by Crippen LogP contribution is 2.22. The van der Waals surface area contributed by atoms with Gasteiger partial charge in [0.25, 0.3) is 0 Å². The summed E-state index contributed by atoms with van der Waals surface area (Å²) in [5.74, 6) is 1.53. The van der Waals surface area contributed by atoms with Crippen molar-refractivity contribution in [2.75, 3.05) is 5.73 Å². The third-order valence-corrected chi connectivity index (χ3v) is 3.85. The van der Waals surface area contributed by atoms with Crippen LogP contribution in [-0.4, -0.2) is 4.98 Å². The molecule has 1 heterocycles. The predicted octanol–water partition coefficient (Wildman–Crippen LogP) is 3.56. The number of nitrogen functional groups attached to an aromatic ring is 1. The lowest BCUT2D eigenvalue weighted by Crippen LogP contribution is -1.88. The molecule has 0 aliphatic carbocycles. The Kier molecular flexibility index (Phi) is 4.06. The van der Waals surface area contributed by atoms with Gasteiger partial charge in [-0.2, -0.15) is 0 Å². The SMILES string of the molecule is Nc1ccc(SCc2ccc(I)cc2)cn1. The van der Waals surface area contributed by atoms with Crippen molar-refractivity contribution in [1.82, 2.24) is 4.98 Å². The Hall–Kier alpha value is -0.750. The molecule has 2 N–H and O–H groups in total. The van der Waals surface area contributed by atoms with Crippen LogP contribution in [0.15, 0.2) is 47.5 Å². The lowest BCUT2D eigenvalue weighted by atomic mass is 10.2. The van der Waals surface area contributed by atoms with Crippen LogP contribution in [0.3, 0.4) is 0 Å². The molecule has 82 valence electrons. The molecule has 16 heavy (non-hydrogen) atoms. The lowest BCUT2D eigenvalue weighted by molar-refractivity contribution is 1.24. The van der Waals surface area contributed by atoms with E-state index >= 15 is 0 Å². The van der Waals surface area contributed by atoms with Crippen molar-refractivity contribution in [2.45, 2.75) is 10.6 Å². The van der Waals surface area contributed by atoms with E-state index in [1.807, 2.05) is 18.3 Å². The first-order valence-electron chi connectivity index (χ1n) is 4.83. The zero-order valence-corrected chi connectivity index (χ0v) is 11.5. The number of rotatable bonds is 3. The summed E-state index contributed by atoms with van der Waals surface area (Å²) in [5, 5.41) is 0. The van der Waals surface area contributed by atoms with E-state index in [1.54, 1.807) is 11.8 Å². The number of anilines is 1. The van der Waals surface area contributed by atoms with E-state index in [4.69, 9.17) is 5.73 Å². The standard InChI is InChI=1S/C12H11IN2S/c13-10-3-1-9(2-4-10)8-16-11-5-6-12(14)15-7-11/h1-7H,8H2,(H2,14,15). The number of halogens is 1. The largest absolute Gasteiger partial charge is 0.384 e. The molecular formula is C12H11IN2S. The van der Waals surface area contributed by atoms with Crippen molar-refractivity contribution in [1.29, 1.82) is 0 Å². The summed E-state index contributed by atoms with van der Waals surface area (Å²) in [6.07, 6.45) is 1.81. The van der Waals surface area contributed by atoms with E-state index < -0.39 is 0 Å².